The van der Waals surface area contributed by atoms with Gasteiger partial charge in [-0.15, -0.1) is 11.3 Å². The minimum atomic E-state index is -0.582. The van der Waals surface area contributed by atoms with Gasteiger partial charge in [-0.2, -0.15) is 0 Å². The smallest absolute Gasteiger partial charge is 0.341 e. The number of esters is 1. The number of fused-ring (bicyclic) bond motifs is 1. The Labute approximate surface area is 176 Å². The standard InChI is InChI=1S/C20H19ClN2O5S/c1-2-28-20(25)18-13-5-3-4-6-16(13)29-19(18)22-17(24)10-8-12-7-9-14(21)15(11-12)23(26)27/h7-11H,2-6H2,1H3,(H,22,24). The quantitative estimate of drug-likeness (QED) is 0.298. The molecule has 0 unspecified atom stereocenters. The van der Waals surface area contributed by atoms with Gasteiger partial charge >= 0.3 is 5.97 Å². The fourth-order valence-electron chi connectivity index (χ4n) is 3.17. The van der Waals surface area contributed by atoms with Crippen molar-refractivity contribution < 1.29 is 19.2 Å². The van der Waals surface area contributed by atoms with Crippen molar-refractivity contribution in [1.29, 1.82) is 0 Å². The van der Waals surface area contributed by atoms with Crippen LogP contribution in [-0.2, 0) is 22.4 Å². The summed E-state index contributed by atoms with van der Waals surface area (Å²) < 4.78 is 5.17. The van der Waals surface area contributed by atoms with E-state index in [9.17, 15) is 19.7 Å². The number of thiophene rings is 1. The molecule has 3 rings (SSSR count). The van der Waals surface area contributed by atoms with Gasteiger partial charge in [-0.3, -0.25) is 14.9 Å². The van der Waals surface area contributed by atoms with Crippen LogP contribution in [0.2, 0.25) is 5.02 Å². The maximum absolute atomic E-state index is 12.4. The normalized spacial score (nSPS) is 13.2. The maximum Gasteiger partial charge on any atom is 0.341 e. The zero-order valence-electron chi connectivity index (χ0n) is 15.7. The van der Waals surface area contributed by atoms with Crippen LogP contribution in [0, 0.1) is 10.1 Å². The Morgan fingerprint density at radius 2 is 2.10 bits per heavy atom. The van der Waals surface area contributed by atoms with Crippen LogP contribution in [-0.4, -0.2) is 23.4 Å². The summed E-state index contributed by atoms with van der Waals surface area (Å²) in [5.74, 6) is -0.869. The van der Waals surface area contributed by atoms with E-state index >= 15 is 0 Å². The molecule has 1 aromatic carbocycles. The minimum Gasteiger partial charge on any atom is -0.462 e. The van der Waals surface area contributed by atoms with E-state index in [1.165, 1.54) is 35.6 Å². The lowest BCUT2D eigenvalue weighted by molar-refractivity contribution is -0.384. The monoisotopic (exact) mass is 434 g/mol. The molecule has 1 aliphatic rings. The summed E-state index contributed by atoms with van der Waals surface area (Å²) in [6.45, 7) is 2.00. The first-order valence-corrected chi connectivity index (χ1v) is 10.3. The van der Waals surface area contributed by atoms with Crippen LogP contribution in [0.25, 0.3) is 6.08 Å². The van der Waals surface area contributed by atoms with Gasteiger partial charge in [-0.05, 0) is 55.9 Å². The first kappa shape index (κ1) is 21.0. The highest BCUT2D eigenvalue weighted by molar-refractivity contribution is 7.17. The molecule has 0 atom stereocenters. The molecule has 29 heavy (non-hydrogen) atoms. The number of carbonyl (C=O) groups excluding carboxylic acids is 2. The number of anilines is 1. The van der Waals surface area contributed by atoms with Gasteiger partial charge in [-0.25, -0.2) is 4.79 Å². The number of nitrogens with zero attached hydrogens (tertiary/aromatic N) is 1. The maximum atomic E-state index is 12.4. The molecule has 0 saturated carbocycles. The van der Waals surface area contributed by atoms with Crippen LogP contribution in [0.15, 0.2) is 24.3 Å². The molecule has 0 aliphatic heterocycles. The molecule has 1 N–H and O–H groups in total. The van der Waals surface area contributed by atoms with E-state index in [4.69, 9.17) is 16.3 Å². The van der Waals surface area contributed by atoms with Crippen LogP contribution >= 0.6 is 22.9 Å². The lowest BCUT2D eigenvalue weighted by atomic mass is 9.95. The number of hydrogen-bond donors (Lipinski definition) is 1. The summed E-state index contributed by atoms with van der Waals surface area (Å²) in [5.41, 5.74) is 1.64. The zero-order valence-corrected chi connectivity index (χ0v) is 17.3. The van der Waals surface area contributed by atoms with Gasteiger partial charge in [0.05, 0.1) is 17.1 Å². The Hall–Kier alpha value is -2.71. The number of hydrogen-bond acceptors (Lipinski definition) is 6. The Balaban J connectivity index is 1.81. The van der Waals surface area contributed by atoms with E-state index in [2.05, 4.69) is 5.32 Å². The third-order valence-electron chi connectivity index (χ3n) is 4.48. The second-order valence-corrected chi connectivity index (χ2v) is 7.94. The van der Waals surface area contributed by atoms with E-state index < -0.39 is 16.8 Å². The van der Waals surface area contributed by atoms with Crippen molar-refractivity contribution in [3.05, 3.63) is 61.0 Å². The van der Waals surface area contributed by atoms with Gasteiger partial charge in [0.15, 0.2) is 0 Å². The van der Waals surface area contributed by atoms with E-state index in [1.54, 1.807) is 13.0 Å². The summed E-state index contributed by atoms with van der Waals surface area (Å²) in [7, 11) is 0. The molecule has 0 bridgehead atoms. The third kappa shape index (κ3) is 4.83. The number of nitro benzene ring substituents is 1. The van der Waals surface area contributed by atoms with Crippen molar-refractivity contribution in [2.24, 2.45) is 0 Å². The summed E-state index contributed by atoms with van der Waals surface area (Å²) in [5, 5.41) is 14.2. The van der Waals surface area contributed by atoms with Crippen LogP contribution in [0.3, 0.4) is 0 Å². The number of rotatable bonds is 6. The molecule has 0 radical (unpaired) electrons. The number of aryl methyl sites for hydroxylation is 1. The Morgan fingerprint density at radius 3 is 2.83 bits per heavy atom. The van der Waals surface area contributed by atoms with Gasteiger partial charge in [-0.1, -0.05) is 17.7 Å². The van der Waals surface area contributed by atoms with Crippen molar-refractivity contribution in [3.8, 4) is 0 Å². The number of amides is 1. The van der Waals surface area contributed by atoms with Gasteiger partial charge in [0.2, 0.25) is 5.91 Å². The number of carbonyl (C=O) groups is 2. The fourth-order valence-corrected chi connectivity index (χ4v) is 4.64. The first-order chi connectivity index (χ1) is 13.9. The third-order valence-corrected chi connectivity index (χ3v) is 6.01. The number of nitrogens with one attached hydrogen (secondary N) is 1. The first-order valence-electron chi connectivity index (χ1n) is 9.15. The van der Waals surface area contributed by atoms with Crippen molar-refractivity contribution >= 4 is 51.6 Å². The fraction of sp³-hybridized carbons (Fsp3) is 0.300. The molecule has 1 aromatic heterocycles. The predicted molar refractivity (Wildman–Crippen MR) is 113 cm³/mol. The highest BCUT2D eigenvalue weighted by Crippen LogP contribution is 2.38. The zero-order chi connectivity index (χ0) is 21.0. The van der Waals surface area contributed by atoms with E-state index in [-0.39, 0.29) is 17.3 Å². The Morgan fingerprint density at radius 1 is 1.34 bits per heavy atom. The van der Waals surface area contributed by atoms with Gasteiger partial charge in [0, 0.05) is 17.0 Å². The molecule has 1 aliphatic carbocycles. The largest absolute Gasteiger partial charge is 0.462 e. The summed E-state index contributed by atoms with van der Waals surface area (Å²) >= 11 is 7.20. The number of nitro groups is 1. The highest BCUT2D eigenvalue weighted by atomic mass is 35.5. The SMILES string of the molecule is CCOC(=O)c1c(NC(=O)C=Cc2ccc(Cl)c([N+](=O)[O-])c2)sc2c1CCCC2. The molecular formula is C20H19ClN2O5S. The Kier molecular flexibility index (Phi) is 6.66. The van der Waals surface area contributed by atoms with Gasteiger partial charge in [0.1, 0.15) is 10.0 Å². The molecule has 9 heteroatoms. The molecule has 152 valence electrons. The average molecular weight is 435 g/mol. The van der Waals surface area contributed by atoms with Crippen molar-refractivity contribution in [3.63, 3.8) is 0 Å². The van der Waals surface area contributed by atoms with E-state index in [0.717, 1.165) is 36.1 Å². The van der Waals surface area contributed by atoms with Crippen LogP contribution < -0.4 is 5.32 Å². The topological polar surface area (TPSA) is 98.5 Å². The molecule has 1 amide bonds. The van der Waals surface area contributed by atoms with Gasteiger partial charge < -0.3 is 10.1 Å². The second kappa shape index (κ2) is 9.19. The van der Waals surface area contributed by atoms with Crippen molar-refractivity contribution in [2.75, 3.05) is 11.9 Å². The lowest BCUT2D eigenvalue weighted by Crippen LogP contribution is -2.14. The summed E-state index contributed by atoms with van der Waals surface area (Å²) in [6, 6.07) is 4.27. The number of benzene rings is 1. The number of ether oxygens (including phenoxy) is 1. The van der Waals surface area contributed by atoms with Crippen LogP contribution in [0.4, 0.5) is 10.7 Å². The number of halogens is 1. The molecular weight excluding hydrogens is 416 g/mol. The molecule has 0 saturated heterocycles. The van der Waals surface area contributed by atoms with E-state index in [1.807, 2.05) is 0 Å². The van der Waals surface area contributed by atoms with Crippen LogP contribution in [0.1, 0.15) is 46.1 Å². The molecule has 0 fully saturated rings. The molecule has 7 nitrogen and oxygen atoms in total. The van der Waals surface area contributed by atoms with Crippen molar-refractivity contribution in [2.45, 2.75) is 32.6 Å². The van der Waals surface area contributed by atoms with Crippen LogP contribution in [0.5, 0.6) is 0 Å². The molecule has 1 heterocycles. The summed E-state index contributed by atoms with van der Waals surface area (Å²) in [6.07, 6.45) is 6.45. The average Bonchev–Trinajstić information content (AvgIpc) is 3.05. The second-order valence-electron chi connectivity index (χ2n) is 6.43. The van der Waals surface area contributed by atoms with E-state index in [0.29, 0.717) is 16.1 Å². The predicted octanol–water partition coefficient (Wildman–Crippen LogP) is 5.02. The highest BCUT2D eigenvalue weighted by Gasteiger charge is 2.26. The lowest BCUT2D eigenvalue weighted by Gasteiger charge is -2.12. The van der Waals surface area contributed by atoms with Crippen molar-refractivity contribution in [1.82, 2.24) is 0 Å². The summed E-state index contributed by atoms with van der Waals surface area (Å²) in [4.78, 5) is 36.3. The van der Waals surface area contributed by atoms with Gasteiger partial charge in [0.25, 0.3) is 5.69 Å². The Bertz CT molecular complexity index is 999. The molecule has 2 aromatic rings. The molecule has 0 spiro atoms. The minimum absolute atomic E-state index is 0.0276.